The molecule has 0 amide bonds. The molecule has 1 atom stereocenters. The van der Waals surface area contributed by atoms with Crippen molar-refractivity contribution in [1.29, 1.82) is 0 Å². The van der Waals surface area contributed by atoms with E-state index in [4.69, 9.17) is 11.6 Å². The highest BCUT2D eigenvalue weighted by Gasteiger charge is 2.27. The van der Waals surface area contributed by atoms with Gasteiger partial charge in [0.15, 0.2) is 0 Å². The lowest BCUT2D eigenvalue weighted by Crippen LogP contribution is -2.25. The minimum atomic E-state index is -1.00. The molecule has 2 aromatic heterocycles. The van der Waals surface area contributed by atoms with Crippen molar-refractivity contribution >= 4 is 45.1 Å². The standard InChI is InChI=1S/C26H33ClN4O2S/c1-15(2)18-6-8-20(9-7-18)34(33)21-10-11-23(17(5)12-21)29-26-28-14-19-13-22(27)25(32)31(16(3)4)24(19)30-26/h10-16,18,20H,6-9H2,1-5H3,(H,28,29,30)/t18?,20?,34-/m1/s1. The van der Waals surface area contributed by atoms with Crippen molar-refractivity contribution in [1.82, 2.24) is 14.5 Å². The van der Waals surface area contributed by atoms with Crippen LogP contribution >= 0.6 is 11.6 Å². The number of benzene rings is 1. The van der Waals surface area contributed by atoms with E-state index in [9.17, 15) is 9.00 Å². The number of hydrogen-bond donors (Lipinski definition) is 1. The molecule has 0 saturated heterocycles. The smallest absolute Gasteiger partial charge is 0.271 e. The van der Waals surface area contributed by atoms with Crippen LogP contribution in [0.2, 0.25) is 5.02 Å². The molecule has 0 bridgehead atoms. The molecule has 1 aromatic carbocycles. The lowest BCUT2D eigenvalue weighted by molar-refractivity contribution is 0.282. The minimum Gasteiger partial charge on any atom is -0.324 e. The number of nitrogens with one attached hydrogen (secondary N) is 1. The summed E-state index contributed by atoms with van der Waals surface area (Å²) in [6, 6.07) is 7.38. The maximum Gasteiger partial charge on any atom is 0.271 e. The highest BCUT2D eigenvalue weighted by atomic mass is 35.5. The van der Waals surface area contributed by atoms with Crippen molar-refractivity contribution in [2.75, 3.05) is 5.32 Å². The number of hydrogen-bond acceptors (Lipinski definition) is 5. The predicted molar refractivity (Wildman–Crippen MR) is 141 cm³/mol. The van der Waals surface area contributed by atoms with E-state index < -0.39 is 10.8 Å². The number of pyridine rings is 1. The lowest BCUT2D eigenvalue weighted by atomic mass is 9.81. The normalized spacial score (nSPS) is 19.6. The van der Waals surface area contributed by atoms with Crippen molar-refractivity contribution in [3.8, 4) is 0 Å². The summed E-state index contributed by atoms with van der Waals surface area (Å²) in [4.78, 5) is 22.4. The van der Waals surface area contributed by atoms with Crippen LogP contribution in [0, 0.1) is 18.8 Å². The zero-order valence-corrected chi connectivity index (χ0v) is 22.0. The summed E-state index contributed by atoms with van der Waals surface area (Å²) in [6.45, 7) is 10.4. The zero-order chi connectivity index (χ0) is 24.6. The molecule has 0 spiro atoms. The van der Waals surface area contributed by atoms with Gasteiger partial charge in [-0.05, 0) is 88.1 Å². The van der Waals surface area contributed by atoms with Gasteiger partial charge in [0.1, 0.15) is 10.7 Å². The Kier molecular flexibility index (Phi) is 7.43. The monoisotopic (exact) mass is 500 g/mol. The number of nitrogens with zero attached hydrogens (tertiary/aromatic N) is 3. The largest absolute Gasteiger partial charge is 0.324 e. The van der Waals surface area contributed by atoms with Crippen LogP contribution in [0.1, 0.15) is 65.0 Å². The molecular formula is C26H33ClN4O2S. The van der Waals surface area contributed by atoms with Crippen LogP contribution in [0.25, 0.3) is 11.0 Å². The maximum absolute atomic E-state index is 13.2. The predicted octanol–water partition coefficient (Wildman–Crippen LogP) is 6.40. The van der Waals surface area contributed by atoms with Gasteiger partial charge in [0.05, 0.1) is 10.8 Å². The summed E-state index contributed by atoms with van der Waals surface area (Å²) >= 11 is 6.12. The molecule has 2 heterocycles. The van der Waals surface area contributed by atoms with Crippen LogP contribution in [-0.4, -0.2) is 24.0 Å². The molecule has 1 N–H and O–H groups in total. The Morgan fingerprint density at radius 1 is 1.12 bits per heavy atom. The van der Waals surface area contributed by atoms with Crippen LogP contribution in [0.4, 0.5) is 11.6 Å². The first-order chi connectivity index (χ1) is 16.2. The first kappa shape index (κ1) is 24.9. The van der Waals surface area contributed by atoms with E-state index in [0.29, 0.717) is 22.9 Å². The second kappa shape index (κ2) is 10.2. The Balaban J connectivity index is 1.55. The molecule has 1 saturated carbocycles. The molecule has 6 nitrogen and oxygen atoms in total. The number of anilines is 2. The third kappa shape index (κ3) is 5.05. The van der Waals surface area contributed by atoms with E-state index in [0.717, 1.165) is 34.9 Å². The van der Waals surface area contributed by atoms with Gasteiger partial charge in [-0.1, -0.05) is 25.4 Å². The molecule has 1 aliphatic carbocycles. The Morgan fingerprint density at radius 2 is 1.82 bits per heavy atom. The molecule has 0 radical (unpaired) electrons. The van der Waals surface area contributed by atoms with Gasteiger partial charge >= 0.3 is 0 Å². The van der Waals surface area contributed by atoms with Crippen LogP contribution in [0.5, 0.6) is 0 Å². The number of aryl methyl sites for hydroxylation is 1. The van der Waals surface area contributed by atoms with Crippen molar-refractivity contribution in [3.05, 3.63) is 51.4 Å². The topological polar surface area (TPSA) is 76.9 Å². The van der Waals surface area contributed by atoms with Crippen molar-refractivity contribution in [2.24, 2.45) is 11.8 Å². The van der Waals surface area contributed by atoms with E-state index >= 15 is 0 Å². The Morgan fingerprint density at radius 3 is 2.44 bits per heavy atom. The van der Waals surface area contributed by atoms with E-state index in [2.05, 4.69) is 29.1 Å². The van der Waals surface area contributed by atoms with Gasteiger partial charge in [-0.15, -0.1) is 0 Å². The van der Waals surface area contributed by atoms with Crippen LogP contribution in [0.3, 0.4) is 0 Å². The number of rotatable bonds is 6. The summed E-state index contributed by atoms with van der Waals surface area (Å²) in [7, 11) is -1.00. The molecule has 0 unspecified atom stereocenters. The molecule has 182 valence electrons. The minimum absolute atomic E-state index is 0.0944. The fourth-order valence-electron chi connectivity index (χ4n) is 4.81. The SMILES string of the molecule is Cc1cc([S@](=O)C2CCC(C(C)C)CC2)ccc1Nc1ncc2cc(Cl)c(=O)n(C(C)C)c2n1. The Bertz CT molecular complexity index is 1280. The summed E-state index contributed by atoms with van der Waals surface area (Å²) < 4.78 is 14.8. The van der Waals surface area contributed by atoms with Crippen LogP contribution in [0.15, 0.2) is 40.2 Å². The third-order valence-corrected chi connectivity index (χ3v) is 8.95. The quantitative estimate of drug-likeness (QED) is 0.423. The van der Waals surface area contributed by atoms with Gasteiger partial charge in [0, 0.05) is 33.5 Å². The van der Waals surface area contributed by atoms with Gasteiger partial charge in [0.2, 0.25) is 5.95 Å². The van der Waals surface area contributed by atoms with Gasteiger partial charge < -0.3 is 5.32 Å². The average molecular weight is 501 g/mol. The van der Waals surface area contributed by atoms with Gasteiger partial charge in [0.25, 0.3) is 5.56 Å². The third-order valence-electron chi connectivity index (χ3n) is 6.89. The maximum atomic E-state index is 13.2. The average Bonchev–Trinajstić information content (AvgIpc) is 2.80. The van der Waals surface area contributed by atoms with E-state index in [1.807, 2.05) is 39.0 Å². The fourth-order valence-corrected chi connectivity index (χ4v) is 6.60. The molecule has 3 aromatic rings. The highest BCUT2D eigenvalue weighted by Crippen LogP contribution is 2.34. The van der Waals surface area contributed by atoms with E-state index in [-0.39, 0.29) is 21.9 Å². The summed E-state index contributed by atoms with van der Waals surface area (Å²) in [5, 5.41) is 4.35. The second-order valence-corrected chi connectivity index (χ2v) is 12.1. The number of halogens is 1. The van der Waals surface area contributed by atoms with E-state index in [1.165, 1.54) is 12.8 Å². The highest BCUT2D eigenvalue weighted by molar-refractivity contribution is 7.85. The number of aromatic nitrogens is 3. The first-order valence-corrected chi connectivity index (χ1v) is 13.6. The van der Waals surface area contributed by atoms with Gasteiger partial charge in [-0.25, -0.2) is 4.98 Å². The fraction of sp³-hybridized carbons (Fsp3) is 0.500. The molecular weight excluding hydrogens is 468 g/mol. The summed E-state index contributed by atoms with van der Waals surface area (Å²) in [5.41, 5.74) is 2.09. The van der Waals surface area contributed by atoms with Crippen molar-refractivity contribution in [2.45, 2.75) is 76.5 Å². The number of fused-ring (bicyclic) bond motifs is 1. The molecule has 0 aliphatic heterocycles. The summed E-state index contributed by atoms with van der Waals surface area (Å²) in [6.07, 6.45) is 6.06. The first-order valence-electron chi connectivity index (χ1n) is 12.0. The Hall–Kier alpha value is -2.25. The zero-order valence-electron chi connectivity index (χ0n) is 20.5. The molecule has 1 fully saturated rings. The molecule has 4 rings (SSSR count). The Labute approximate surface area is 208 Å². The van der Waals surface area contributed by atoms with Gasteiger partial charge in [-0.2, -0.15) is 4.98 Å². The molecule has 1 aliphatic rings. The van der Waals surface area contributed by atoms with Crippen LogP contribution < -0.4 is 10.9 Å². The molecule has 34 heavy (non-hydrogen) atoms. The lowest BCUT2D eigenvalue weighted by Gasteiger charge is -2.30. The molecule has 8 heteroatoms. The van der Waals surface area contributed by atoms with E-state index in [1.54, 1.807) is 16.8 Å². The summed E-state index contributed by atoms with van der Waals surface area (Å²) in [5.74, 6) is 1.85. The second-order valence-electron chi connectivity index (χ2n) is 9.91. The van der Waals surface area contributed by atoms with Crippen molar-refractivity contribution in [3.63, 3.8) is 0 Å². The van der Waals surface area contributed by atoms with Crippen molar-refractivity contribution < 1.29 is 4.21 Å². The van der Waals surface area contributed by atoms with Gasteiger partial charge in [-0.3, -0.25) is 13.6 Å². The van der Waals surface area contributed by atoms with Crippen LogP contribution in [-0.2, 0) is 10.8 Å².